The molecule has 0 saturated carbocycles. The van der Waals surface area contributed by atoms with Gasteiger partial charge in [-0.3, -0.25) is 14.1 Å². The Morgan fingerprint density at radius 2 is 1.86 bits per heavy atom. The molecule has 0 amide bonds. The largest absolute Gasteiger partial charge is 0.333 e. The second-order valence-electron chi connectivity index (χ2n) is 9.31. The van der Waals surface area contributed by atoms with E-state index < -0.39 is 0 Å². The summed E-state index contributed by atoms with van der Waals surface area (Å²) in [5, 5.41) is 14.2. The van der Waals surface area contributed by atoms with Gasteiger partial charge >= 0.3 is 5.69 Å². The molecule has 0 bridgehead atoms. The zero-order chi connectivity index (χ0) is 25.9. The maximum Gasteiger partial charge on any atom is 0.333 e. The maximum absolute atomic E-state index is 13.7. The van der Waals surface area contributed by atoms with Gasteiger partial charge in [-0.05, 0) is 67.5 Å². The van der Waals surface area contributed by atoms with Crippen LogP contribution in [0.5, 0.6) is 0 Å². The summed E-state index contributed by atoms with van der Waals surface area (Å²) in [6.45, 7) is 6.92. The lowest BCUT2D eigenvalue weighted by Gasteiger charge is -2.14. The minimum atomic E-state index is -0.0336. The predicted molar refractivity (Wildman–Crippen MR) is 148 cm³/mol. The third-order valence-corrected chi connectivity index (χ3v) is 7.12. The molecule has 0 aliphatic heterocycles. The van der Waals surface area contributed by atoms with Crippen LogP contribution in [0, 0.1) is 0 Å². The van der Waals surface area contributed by atoms with E-state index in [-0.39, 0.29) is 11.6 Å². The zero-order valence-electron chi connectivity index (χ0n) is 21.0. The van der Waals surface area contributed by atoms with Gasteiger partial charge in [-0.2, -0.15) is 0 Å². The molecule has 3 aromatic heterocycles. The van der Waals surface area contributed by atoms with Gasteiger partial charge in [0.2, 0.25) is 0 Å². The Morgan fingerprint density at radius 3 is 2.57 bits per heavy atom. The number of H-pyrrole nitrogens is 1. The number of pyridine rings is 1. The first-order valence-corrected chi connectivity index (χ1v) is 13.1. The topological polar surface area (TPSA) is 94.3 Å². The highest BCUT2D eigenvalue weighted by Crippen LogP contribution is 2.31. The minimum absolute atomic E-state index is 0.0336. The fourth-order valence-electron chi connectivity index (χ4n) is 4.64. The first-order valence-electron chi connectivity index (χ1n) is 12.3. The molecular formula is C28H28BrN7O. The molecule has 5 aromatic rings. The van der Waals surface area contributed by atoms with Crippen molar-refractivity contribution in [3.05, 3.63) is 98.9 Å². The predicted octanol–water partition coefficient (Wildman–Crippen LogP) is 5.77. The summed E-state index contributed by atoms with van der Waals surface area (Å²) in [6.07, 6.45) is 7.31. The monoisotopic (exact) mass is 557 g/mol. The van der Waals surface area contributed by atoms with Gasteiger partial charge in [-0.1, -0.05) is 63.6 Å². The van der Waals surface area contributed by atoms with Gasteiger partial charge in [0, 0.05) is 39.9 Å². The summed E-state index contributed by atoms with van der Waals surface area (Å²) in [5.41, 5.74) is 6.89. The van der Waals surface area contributed by atoms with Crippen LogP contribution in [0.1, 0.15) is 49.9 Å². The van der Waals surface area contributed by atoms with E-state index in [0.717, 1.165) is 56.5 Å². The van der Waals surface area contributed by atoms with Crippen LogP contribution < -0.4 is 5.69 Å². The Kier molecular flexibility index (Phi) is 7.14. The van der Waals surface area contributed by atoms with E-state index in [1.54, 1.807) is 17.0 Å². The van der Waals surface area contributed by atoms with Crippen molar-refractivity contribution in [2.75, 3.05) is 0 Å². The molecule has 0 atom stereocenters. The van der Waals surface area contributed by atoms with Gasteiger partial charge in [-0.25, -0.2) is 9.89 Å². The molecule has 5 rings (SSSR count). The molecule has 37 heavy (non-hydrogen) atoms. The highest BCUT2D eigenvalue weighted by molar-refractivity contribution is 9.10. The number of aromatic amines is 1. The SMILES string of the molecule is CCCc1cn(-c2c(Br)cccc2C(C)C)c(=O)n1Cc1ccc(-c2cnccc2-c2nnn[nH]2)cc1. The number of halogens is 1. The summed E-state index contributed by atoms with van der Waals surface area (Å²) in [4.78, 5) is 18.0. The molecule has 1 N–H and O–H groups in total. The summed E-state index contributed by atoms with van der Waals surface area (Å²) in [7, 11) is 0. The number of nitrogens with one attached hydrogen (secondary N) is 1. The quantitative estimate of drug-likeness (QED) is 0.261. The average Bonchev–Trinajstić information content (AvgIpc) is 3.54. The molecule has 0 saturated heterocycles. The Bertz CT molecular complexity index is 1570. The molecule has 0 aliphatic rings. The summed E-state index contributed by atoms with van der Waals surface area (Å²) >= 11 is 3.69. The van der Waals surface area contributed by atoms with Gasteiger partial charge in [0.1, 0.15) is 0 Å². The second kappa shape index (κ2) is 10.6. The van der Waals surface area contributed by atoms with Gasteiger partial charge in [0.05, 0.1) is 12.2 Å². The van der Waals surface area contributed by atoms with Crippen molar-refractivity contribution >= 4 is 15.9 Å². The Morgan fingerprint density at radius 1 is 1.05 bits per heavy atom. The van der Waals surface area contributed by atoms with E-state index in [4.69, 9.17) is 0 Å². The molecule has 0 spiro atoms. The number of aromatic nitrogens is 7. The molecule has 0 aliphatic carbocycles. The highest BCUT2D eigenvalue weighted by Gasteiger charge is 2.18. The van der Waals surface area contributed by atoms with Gasteiger partial charge < -0.3 is 0 Å². The number of rotatable bonds is 8. The van der Waals surface area contributed by atoms with Crippen LogP contribution in [0.2, 0.25) is 0 Å². The van der Waals surface area contributed by atoms with Crippen LogP contribution in [0.15, 0.2) is 76.4 Å². The fourth-order valence-corrected chi connectivity index (χ4v) is 5.21. The summed E-state index contributed by atoms with van der Waals surface area (Å²) in [6, 6.07) is 16.2. The van der Waals surface area contributed by atoms with Crippen LogP contribution in [-0.2, 0) is 13.0 Å². The number of aryl methyl sites for hydroxylation is 1. The number of imidazole rings is 1. The number of hydrogen-bond acceptors (Lipinski definition) is 5. The average molecular weight is 558 g/mol. The number of para-hydroxylation sites is 1. The Hall–Kier alpha value is -3.85. The first kappa shape index (κ1) is 24.8. The number of hydrogen-bond donors (Lipinski definition) is 1. The van der Waals surface area contributed by atoms with Crippen molar-refractivity contribution in [1.29, 1.82) is 0 Å². The van der Waals surface area contributed by atoms with Gasteiger partial charge in [0.25, 0.3) is 0 Å². The molecule has 9 heteroatoms. The summed E-state index contributed by atoms with van der Waals surface area (Å²) in [5.74, 6) is 0.876. The van der Waals surface area contributed by atoms with Crippen LogP contribution >= 0.6 is 15.9 Å². The minimum Gasteiger partial charge on any atom is -0.292 e. The normalized spacial score (nSPS) is 11.4. The number of benzene rings is 2. The smallest absolute Gasteiger partial charge is 0.292 e. The first-order chi connectivity index (χ1) is 18.0. The Balaban J connectivity index is 1.51. The van der Waals surface area contributed by atoms with Crippen LogP contribution in [0.4, 0.5) is 0 Å². The molecule has 2 aromatic carbocycles. The molecular weight excluding hydrogens is 530 g/mol. The molecule has 3 heterocycles. The van der Waals surface area contributed by atoms with E-state index in [9.17, 15) is 4.79 Å². The van der Waals surface area contributed by atoms with Crippen molar-refractivity contribution in [2.24, 2.45) is 0 Å². The van der Waals surface area contributed by atoms with Crippen molar-refractivity contribution in [3.63, 3.8) is 0 Å². The van der Waals surface area contributed by atoms with E-state index >= 15 is 0 Å². The van der Waals surface area contributed by atoms with E-state index in [1.165, 1.54) is 0 Å². The van der Waals surface area contributed by atoms with Crippen LogP contribution in [0.25, 0.3) is 28.2 Å². The van der Waals surface area contributed by atoms with E-state index in [0.29, 0.717) is 12.4 Å². The zero-order valence-corrected chi connectivity index (χ0v) is 22.6. The number of nitrogens with zero attached hydrogens (tertiary/aromatic N) is 6. The third-order valence-electron chi connectivity index (χ3n) is 6.48. The molecule has 0 fully saturated rings. The van der Waals surface area contributed by atoms with Crippen molar-refractivity contribution in [1.82, 2.24) is 34.7 Å². The summed E-state index contributed by atoms with van der Waals surface area (Å²) < 4.78 is 4.60. The third kappa shape index (κ3) is 4.91. The molecule has 0 radical (unpaired) electrons. The lowest BCUT2D eigenvalue weighted by atomic mass is 10.0. The lowest BCUT2D eigenvalue weighted by molar-refractivity contribution is 0.690. The van der Waals surface area contributed by atoms with Gasteiger partial charge in [-0.15, -0.1) is 5.10 Å². The standard InChI is InChI=1S/C28H28BrN7O/c1-4-6-21-17-36(26-22(18(2)3)7-5-8-25(26)29)28(37)35(21)16-19-9-11-20(12-10-19)24-15-30-14-13-23(24)27-31-33-34-32-27/h5,7-15,17-18H,4,6,16H2,1-3H3,(H,31,32,33,34). The lowest BCUT2D eigenvalue weighted by Crippen LogP contribution is -2.25. The number of tetrazole rings is 1. The van der Waals surface area contributed by atoms with Crippen molar-refractivity contribution in [3.8, 4) is 28.2 Å². The van der Waals surface area contributed by atoms with Crippen LogP contribution in [0.3, 0.4) is 0 Å². The maximum atomic E-state index is 13.7. The molecule has 188 valence electrons. The van der Waals surface area contributed by atoms with Gasteiger partial charge in [0.15, 0.2) is 5.82 Å². The van der Waals surface area contributed by atoms with Crippen molar-refractivity contribution in [2.45, 2.75) is 46.1 Å². The Labute approximate surface area is 223 Å². The fraction of sp³-hybridized carbons (Fsp3) is 0.250. The molecule has 0 unspecified atom stereocenters. The van der Waals surface area contributed by atoms with Crippen molar-refractivity contribution < 1.29 is 0 Å². The van der Waals surface area contributed by atoms with E-state index in [2.05, 4.69) is 80.5 Å². The van der Waals surface area contributed by atoms with Crippen LogP contribution in [-0.4, -0.2) is 34.7 Å². The highest BCUT2D eigenvalue weighted by atomic mass is 79.9. The second-order valence-corrected chi connectivity index (χ2v) is 10.2. The molecule has 8 nitrogen and oxygen atoms in total. The van der Waals surface area contributed by atoms with E-state index in [1.807, 2.05) is 41.1 Å².